The van der Waals surface area contributed by atoms with Crippen molar-refractivity contribution in [3.63, 3.8) is 0 Å². The zero-order valence-electron chi connectivity index (χ0n) is 17.9. The van der Waals surface area contributed by atoms with E-state index in [9.17, 15) is 18.0 Å². The van der Waals surface area contributed by atoms with Crippen LogP contribution in [0.15, 0.2) is 6.07 Å². The third-order valence-corrected chi connectivity index (χ3v) is 5.40. The highest BCUT2D eigenvalue weighted by Gasteiger charge is 2.52. The van der Waals surface area contributed by atoms with Crippen molar-refractivity contribution in [1.29, 1.82) is 0 Å². The number of alkyl halides is 3. The largest absolute Gasteiger partial charge is 0.490 e. The minimum Gasteiger partial charge on any atom is -0.475 e. The van der Waals surface area contributed by atoms with E-state index in [1.54, 1.807) is 0 Å². The fourth-order valence-electron chi connectivity index (χ4n) is 3.97. The minimum atomic E-state index is -5.08. The highest BCUT2D eigenvalue weighted by molar-refractivity contribution is 5.77. The van der Waals surface area contributed by atoms with Crippen LogP contribution < -0.4 is 5.32 Å². The molecular formula is C19H29F3N4O5. The van der Waals surface area contributed by atoms with Crippen LogP contribution in [0.3, 0.4) is 0 Å². The molecule has 2 N–H and O–H groups in total. The lowest BCUT2D eigenvalue weighted by Gasteiger charge is -2.50. The first-order chi connectivity index (χ1) is 14.5. The van der Waals surface area contributed by atoms with Crippen molar-refractivity contribution in [2.45, 2.75) is 38.1 Å². The normalized spacial score (nSPS) is 20.1. The number of rotatable bonds is 7. The number of carboxylic acid groups (broad SMARTS) is 1. The molecule has 0 aliphatic carbocycles. The Kier molecular flexibility index (Phi) is 8.43. The van der Waals surface area contributed by atoms with Crippen LogP contribution in [-0.2, 0) is 32.7 Å². The number of ether oxygens (including phenoxy) is 2. The van der Waals surface area contributed by atoms with Gasteiger partial charge in [-0.05, 0) is 31.7 Å². The van der Waals surface area contributed by atoms with Gasteiger partial charge in [0, 0.05) is 46.9 Å². The van der Waals surface area contributed by atoms with Crippen molar-refractivity contribution in [1.82, 2.24) is 20.0 Å². The van der Waals surface area contributed by atoms with Gasteiger partial charge in [-0.25, -0.2) is 4.79 Å². The van der Waals surface area contributed by atoms with Crippen molar-refractivity contribution in [2.24, 2.45) is 13.0 Å². The lowest BCUT2D eigenvalue weighted by molar-refractivity contribution is -0.192. The number of halogens is 3. The number of carbonyl (C=O) groups excluding carboxylic acids is 1. The Morgan fingerprint density at radius 3 is 2.58 bits per heavy atom. The summed E-state index contributed by atoms with van der Waals surface area (Å²) >= 11 is 0. The quantitative estimate of drug-likeness (QED) is 0.641. The lowest BCUT2D eigenvalue weighted by atomic mass is 9.79. The van der Waals surface area contributed by atoms with E-state index in [4.69, 9.17) is 19.4 Å². The Balaban J connectivity index is 0.000000423. The molecule has 1 atom stereocenters. The molecule has 9 nitrogen and oxygen atoms in total. The fourth-order valence-corrected chi connectivity index (χ4v) is 3.97. The predicted molar refractivity (Wildman–Crippen MR) is 103 cm³/mol. The third kappa shape index (κ3) is 6.91. The zero-order chi connectivity index (χ0) is 23.2. The fraction of sp³-hybridized carbons (Fsp3) is 0.737. The molecule has 1 amide bonds. The Labute approximate surface area is 178 Å². The maximum atomic E-state index is 11.5. The van der Waals surface area contributed by atoms with Crippen LogP contribution in [0.1, 0.15) is 24.2 Å². The van der Waals surface area contributed by atoms with E-state index < -0.39 is 12.1 Å². The number of carbonyl (C=O) groups is 2. The Hall–Kier alpha value is -2.18. The van der Waals surface area contributed by atoms with Crippen molar-refractivity contribution in [3.05, 3.63) is 17.5 Å². The second-order valence-electron chi connectivity index (χ2n) is 7.82. The number of hydrogen-bond acceptors (Lipinski definition) is 6. The summed E-state index contributed by atoms with van der Waals surface area (Å²) in [4.78, 5) is 22.8. The molecular weight excluding hydrogens is 421 g/mol. The van der Waals surface area contributed by atoms with Gasteiger partial charge in [0.2, 0.25) is 5.91 Å². The van der Waals surface area contributed by atoms with Crippen molar-refractivity contribution in [2.75, 3.05) is 40.0 Å². The van der Waals surface area contributed by atoms with E-state index in [2.05, 4.69) is 21.4 Å². The van der Waals surface area contributed by atoms with Gasteiger partial charge in [-0.3, -0.25) is 14.4 Å². The summed E-state index contributed by atoms with van der Waals surface area (Å²) in [6, 6.07) is 2.14. The number of aliphatic carboxylic acids is 1. The van der Waals surface area contributed by atoms with Gasteiger partial charge in [-0.2, -0.15) is 18.3 Å². The number of hydrogen-bond donors (Lipinski definition) is 2. The summed E-state index contributed by atoms with van der Waals surface area (Å²) in [5.41, 5.74) is 2.29. The van der Waals surface area contributed by atoms with E-state index in [1.807, 2.05) is 18.7 Å². The SMILES string of the molecule is COCC(=O)NCCC1CCOC12CN(Cc1cc(C)nn1C)C2.O=C(O)C(F)(F)F. The van der Waals surface area contributed by atoms with Crippen LogP contribution in [0.4, 0.5) is 13.2 Å². The second-order valence-corrected chi connectivity index (χ2v) is 7.82. The molecule has 12 heteroatoms. The molecule has 1 aromatic rings. The number of aromatic nitrogens is 2. The molecule has 2 aliphatic rings. The van der Waals surface area contributed by atoms with E-state index >= 15 is 0 Å². The van der Waals surface area contributed by atoms with Crippen LogP contribution in [0.2, 0.25) is 0 Å². The van der Waals surface area contributed by atoms with Crippen LogP contribution in [0, 0.1) is 12.8 Å². The molecule has 0 radical (unpaired) electrons. The van der Waals surface area contributed by atoms with Gasteiger partial charge in [-0.15, -0.1) is 0 Å². The summed E-state index contributed by atoms with van der Waals surface area (Å²) < 4.78 is 44.6. The molecule has 3 heterocycles. The average molecular weight is 450 g/mol. The summed E-state index contributed by atoms with van der Waals surface area (Å²) in [5.74, 6) is -2.29. The van der Waals surface area contributed by atoms with Gasteiger partial charge in [0.1, 0.15) is 6.61 Å². The number of nitrogens with one attached hydrogen (secondary N) is 1. The number of methoxy groups -OCH3 is 1. The van der Waals surface area contributed by atoms with Crippen LogP contribution in [0.5, 0.6) is 0 Å². The second kappa shape index (κ2) is 10.4. The van der Waals surface area contributed by atoms with Gasteiger partial charge in [0.15, 0.2) is 0 Å². The van der Waals surface area contributed by atoms with Gasteiger partial charge >= 0.3 is 12.1 Å². The first-order valence-corrected chi connectivity index (χ1v) is 9.88. The summed E-state index contributed by atoms with van der Waals surface area (Å²) in [7, 11) is 3.53. The molecule has 2 aliphatic heterocycles. The standard InChI is InChI=1S/C17H28N4O3.C2HF3O2/c1-13-8-15(20(2)19-13)9-21-11-17(12-21)14(5-7-24-17)4-6-18-16(22)10-23-3;3-2(4,5)1(6)7/h8,14H,4-7,9-12H2,1-3H3,(H,18,22);(H,6,7). The van der Waals surface area contributed by atoms with E-state index in [-0.39, 0.29) is 18.1 Å². The van der Waals surface area contributed by atoms with Gasteiger partial charge in [0.25, 0.3) is 0 Å². The van der Waals surface area contributed by atoms with E-state index in [0.717, 1.165) is 44.8 Å². The number of carboxylic acids is 1. The number of nitrogens with zero attached hydrogens (tertiary/aromatic N) is 3. The Morgan fingerprint density at radius 1 is 1.42 bits per heavy atom. The number of likely N-dealkylation sites (tertiary alicyclic amines) is 1. The maximum absolute atomic E-state index is 11.5. The molecule has 1 spiro atoms. The molecule has 0 saturated carbocycles. The zero-order valence-corrected chi connectivity index (χ0v) is 17.9. The topological polar surface area (TPSA) is 106 Å². The third-order valence-electron chi connectivity index (χ3n) is 5.40. The predicted octanol–water partition coefficient (Wildman–Crippen LogP) is 1.11. The molecule has 176 valence electrons. The lowest BCUT2D eigenvalue weighted by Crippen LogP contribution is -2.64. The molecule has 31 heavy (non-hydrogen) atoms. The summed E-state index contributed by atoms with van der Waals surface area (Å²) in [5, 5.41) is 14.4. The van der Waals surface area contributed by atoms with Gasteiger partial charge in [-0.1, -0.05) is 0 Å². The molecule has 2 fully saturated rings. The summed E-state index contributed by atoms with van der Waals surface area (Å²) in [6.07, 6.45) is -3.03. The molecule has 1 unspecified atom stereocenters. The van der Waals surface area contributed by atoms with Gasteiger partial charge in [0.05, 0.1) is 17.0 Å². The molecule has 0 aromatic carbocycles. The van der Waals surface area contributed by atoms with Crippen molar-refractivity contribution < 1.29 is 37.3 Å². The van der Waals surface area contributed by atoms with E-state index in [0.29, 0.717) is 12.5 Å². The smallest absolute Gasteiger partial charge is 0.475 e. The molecule has 2 saturated heterocycles. The molecule has 0 bridgehead atoms. The number of aryl methyl sites for hydroxylation is 2. The Morgan fingerprint density at radius 2 is 2.06 bits per heavy atom. The van der Waals surface area contributed by atoms with E-state index in [1.165, 1.54) is 12.8 Å². The first-order valence-electron chi connectivity index (χ1n) is 9.88. The van der Waals surface area contributed by atoms with Crippen LogP contribution >= 0.6 is 0 Å². The number of amides is 1. The first kappa shape index (κ1) is 25.1. The van der Waals surface area contributed by atoms with Crippen LogP contribution in [0.25, 0.3) is 0 Å². The highest BCUT2D eigenvalue weighted by atomic mass is 19.4. The summed E-state index contributed by atoms with van der Waals surface area (Å²) in [6.45, 7) is 6.52. The highest BCUT2D eigenvalue weighted by Crippen LogP contribution is 2.42. The Bertz CT molecular complexity index is 762. The van der Waals surface area contributed by atoms with Crippen LogP contribution in [-0.4, -0.2) is 83.4 Å². The monoisotopic (exact) mass is 450 g/mol. The van der Waals surface area contributed by atoms with Crippen molar-refractivity contribution >= 4 is 11.9 Å². The molecule has 1 aromatic heterocycles. The maximum Gasteiger partial charge on any atom is 0.490 e. The minimum absolute atomic E-state index is 0.0143. The average Bonchev–Trinajstić information content (AvgIpc) is 3.18. The molecule has 3 rings (SSSR count). The van der Waals surface area contributed by atoms with Gasteiger partial charge < -0.3 is 19.9 Å². The van der Waals surface area contributed by atoms with Crippen molar-refractivity contribution in [3.8, 4) is 0 Å².